The average Bonchev–Trinajstić information content (AvgIpc) is 3.07. The first-order valence-electron chi connectivity index (χ1n) is 8.33. The zero-order chi connectivity index (χ0) is 17.3. The molecule has 24 heavy (non-hydrogen) atoms. The maximum Gasteiger partial charge on any atom is 0.355 e. The summed E-state index contributed by atoms with van der Waals surface area (Å²) in [7, 11) is 0. The molecule has 0 spiro atoms. The predicted octanol–water partition coefficient (Wildman–Crippen LogP) is 4.02. The van der Waals surface area contributed by atoms with Crippen molar-refractivity contribution in [2.24, 2.45) is 0 Å². The van der Waals surface area contributed by atoms with Crippen LogP contribution in [0.1, 0.15) is 54.0 Å². The van der Waals surface area contributed by atoms with E-state index in [0.29, 0.717) is 18.8 Å². The third-order valence-electron chi connectivity index (χ3n) is 4.16. The number of benzene rings is 1. The van der Waals surface area contributed by atoms with E-state index in [4.69, 9.17) is 9.84 Å². The SMILES string of the molecule is CCOC(=O)c1[nH]c2c(C(C)C)nn(Cc3ccccc3)c2c1C. The highest BCUT2D eigenvalue weighted by atomic mass is 16.5. The molecule has 2 aromatic heterocycles. The number of nitrogens with zero attached hydrogens (tertiary/aromatic N) is 2. The van der Waals surface area contributed by atoms with E-state index >= 15 is 0 Å². The minimum Gasteiger partial charge on any atom is -0.461 e. The number of aromatic nitrogens is 3. The van der Waals surface area contributed by atoms with Crippen LogP contribution in [-0.4, -0.2) is 27.3 Å². The Morgan fingerprint density at radius 1 is 1.29 bits per heavy atom. The molecular weight excluding hydrogens is 302 g/mol. The van der Waals surface area contributed by atoms with E-state index in [-0.39, 0.29) is 11.9 Å². The number of hydrogen-bond donors (Lipinski definition) is 1. The van der Waals surface area contributed by atoms with Crippen molar-refractivity contribution in [2.45, 2.75) is 40.2 Å². The van der Waals surface area contributed by atoms with Gasteiger partial charge in [0.1, 0.15) is 5.69 Å². The van der Waals surface area contributed by atoms with Crippen molar-refractivity contribution in [1.29, 1.82) is 0 Å². The Balaban J connectivity index is 2.13. The minimum absolute atomic E-state index is 0.262. The number of aromatic amines is 1. The molecular formula is C19H23N3O2. The molecule has 0 aliphatic heterocycles. The molecule has 5 heteroatoms. The Labute approximate surface area is 141 Å². The highest BCUT2D eigenvalue weighted by molar-refractivity contribution is 5.97. The summed E-state index contributed by atoms with van der Waals surface area (Å²) in [5.41, 5.74) is 5.47. The number of hydrogen-bond acceptors (Lipinski definition) is 3. The van der Waals surface area contributed by atoms with E-state index in [1.165, 1.54) is 5.56 Å². The van der Waals surface area contributed by atoms with Gasteiger partial charge < -0.3 is 9.72 Å². The van der Waals surface area contributed by atoms with Gasteiger partial charge in [0.05, 0.1) is 29.9 Å². The molecule has 126 valence electrons. The summed E-state index contributed by atoms with van der Waals surface area (Å²) in [6.45, 7) is 9.00. The second-order valence-electron chi connectivity index (χ2n) is 6.25. The lowest BCUT2D eigenvalue weighted by molar-refractivity contribution is 0.0519. The first kappa shape index (κ1) is 16.3. The van der Waals surface area contributed by atoms with Crippen LogP contribution in [0.4, 0.5) is 0 Å². The highest BCUT2D eigenvalue weighted by Crippen LogP contribution is 2.29. The van der Waals surface area contributed by atoms with Gasteiger partial charge in [-0.05, 0) is 25.3 Å². The van der Waals surface area contributed by atoms with Gasteiger partial charge in [0.15, 0.2) is 0 Å². The molecule has 0 atom stereocenters. The summed E-state index contributed by atoms with van der Waals surface area (Å²) in [4.78, 5) is 15.4. The molecule has 1 aromatic carbocycles. The number of esters is 1. The lowest BCUT2D eigenvalue weighted by Gasteiger charge is -2.06. The summed E-state index contributed by atoms with van der Waals surface area (Å²) < 4.78 is 7.15. The summed E-state index contributed by atoms with van der Waals surface area (Å²) in [5.74, 6) is -0.0511. The standard InChI is InChI=1S/C19H23N3O2/c1-5-24-19(23)16-13(4)18-17(20-16)15(12(2)3)21-22(18)11-14-9-7-6-8-10-14/h6-10,12,20H,5,11H2,1-4H3. The Kier molecular flexibility index (Phi) is 4.42. The van der Waals surface area contributed by atoms with Gasteiger partial charge in [0.25, 0.3) is 0 Å². The molecule has 0 unspecified atom stereocenters. The molecule has 0 saturated heterocycles. The number of ether oxygens (including phenoxy) is 1. The lowest BCUT2D eigenvalue weighted by atomic mass is 10.1. The van der Waals surface area contributed by atoms with Crippen molar-refractivity contribution >= 4 is 17.0 Å². The van der Waals surface area contributed by atoms with Crippen LogP contribution in [0.3, 0.4) is 0 Å². The van der Waals surface area contributed by atoms with Crippen molar-refractivity contribution in [3.63, 3.8) is 0 Å². The molecule has 0 radical (unpaired) electrons. The zero-order valence-corrected chi connectivity index (χ0v) is 14.6. The molecule has 0 fully saturated rings. The third-order valence-corrected chi connectivity index (χ3v) is 4.16. The predicted molar refractivity (Wildman–Crippen MR) is 94.4 cm³/mol. The van der Waals surface area contributed by atoms with Crippen LogP contribution < -0.4 is 0 Å². The first-order chi connectivity index (χ1) is 11.5. The fourth-order valence-corrected chi connectivity index (χ4v) is 3.00. The molecule has 2 heterocycles. The van der Waals surface area contributed by atoms with Crippen molar-refractivity contribution in [1.82, 2.24) is 14.8 Å². The highest BCUT2D eigenvalue weighted by Gasteiger charge is 2.23. The maximum absolute atomic E-state index is 12.2. The van der Waals surface area contributed by atoms with Crippen molar-refractivity contribution in [2.75, 3.05) is 6.61 Å². The maximum atomic E-state index is 12.2. The fraction of sp³-hybridized carbons (Fsp3) is 0.368. The second-order valence-corrected chi connectivity index (χ2v) is 6.25. The van der Waals surface area contributed by atoms with Gasteiger partial charge in [-0.2, -0.15) is 5.10 Å². The molecule has 0 aliphatic rings. The summed E-state index contributed by atoms with van der Waals surface area (Å²) in [6, 6.07) is 10.2. The van der Waals surface area contributed by atoms with Gasteiger partial charge in [-0.3, -0.25) is 4.68 Å². The molecule has 1 N–H and O–H groups in total. The largest absolute Gasteiger partial charge is 0.461 e. The quantitative estimate of drug-likeness (QED) is 0.721. The first-order valence-corrected chi connectivity index (χ1v) is 8.33. The molecule has 3 rings (SSSR count). The number of carbonyl (C=O) groups excluding carboxylic acids is 1. The van der Waals surface area contributed by atoms with Gasteiger partial charge in [-0.25, -0.2) is 4.79 Å². The Morgan fingerprint density at radius 2 is 2.00 bits per heavy atom. The van der Waals surface area contributed by atoms with Crippen LogP contribution in [0.25, 0.3) is 11.0 Å². The summed E-state index contributed by atoms with van der Waals surface area (Å²) in [6.07, 6.45) is 0. The van der Waals surface area contributed by atoms with Gasteiger partial charge in [-0.1, -0.05) is 44.2 Å². The molecule has 0 saturated carbocycles. The fourth-order valence-electron chi connectivity index (χ4n) is 3.00. The van der Waals surface area contributed by atoms with Gasteiger partial charge in [-0.15, -0.1) is 0 Å². The molecule has 0 bridgehead atoms. The zero-order valence-electron chi connectivity index (χ0n) is 14.6. The number of carbonyl (C=O) groups is 1. The normalized spacial score (nSPS) is 11.4. The number of fused-ring (bicyclic) bond motifs is 1. The Morgan fingerprint density at radius 3 is 2.62 bits per heavy atom. The van der Waals surface area contributed by atoms with Crippen molar-refractivity contribution < 1.29 is 9.53 Å². The second kappa shape index (κ2) is 6.51. The third kappa shape index (κ3) is 2.82. The number of rotatable bonds is 5. The minimum atomic E-state index is -0.313. The summed E-state index contributed by atoms with van der Waals surface area (Å²) in [5, 5.41) is 4.78. The Bertz CT molecular complexity index is 860. The van der Waals surface area contributed by atoms with Crippen LogP contribution in [-0.2, 0) is 11.3 Å². The number of nitrogens with one attached hydrogen (secondary N) is 1. The monoisotopic (exact) mass is 325 g/mol. The van der Waals surface area contributed by atoms with Crippen molar-refractivity contribution in [3.8, 4) is 0 Å². The topological polar surface area (TPSA) is 59.9 Å². The van der Waals surface area contributed by atoms with Crippen LogP contribution in [0, 0.1) is 6.92 Å². The molecule has 0 amide bonds. The Hall–Kier alpha value is -2.56. The molecule has 3 aromatic rings. The van der Waals surface area contributed by atoms with Crippen LogP contribution in [0.15, 0.2) is 30.3 Å². The number of aryl methyl sites for hydroxylation is 1. The molecule has 5 nitrogen and oxygen atoms in total. The van der Waals surface area contributed by atoms with E-state index in [2.05, 4.69) is 31.0 Å². The van der Waals surface area contributed by atoms with E-state index in [1.54, 1.807) is 0 Å². The van der Waals surface area contributed by atoms with Gasteiger partial charge >= 0.3 is 5.97 Å². The van der Waals surface area contributed by atoms with E-state index in [9.17, 15) is 4.79 Å². The molecule has 0 aliphatic carbocycles. The van der Waals surface area contributed by atoms with E-state index in [1.807, 2.05) is 36.7 Å². The average molecular weight is 325 g/mol. The van der Waals surface area contributed by atoms with Crippen molar-refractivity contribution in [3.05, 3.63) is 52.8 Å². The lowest BCUT2D eigenvalue weighted by Crippen LogP contribution is -2.08. The van der Waals surface area contributed by atoms with Crippen LogP contribution >= 0.6 is 0 Å². The van der Waals surface area contributed by atoms with E-state index in [0.717, 1.165) is 22.3 Å². The van der Waals surface area contributed by atoms with Crippen LogP contribution in [0.2, 0.25) is 0 Å². The van der Waals surface area contributed by atoms with Gasteiger partial charge in [0, 0.05) is 5.56 Å². The summed E-state index contributed by atoms with van der Waals surface area (Å²) >= 11 is 0. The van der Waals surface area contributed by atoms with Gasteiger partial charge in [0.2, 0.25) is 0 Å². The van der Waals surface area contributed by atoms with E-state index < -0.39 is 0 Å². The van der Waals surface area contributed by atoms with Crippen LogP contribution in [0.5, 0.6) is 0 Å². The smallest absolute Gasteiger partial charge is 0.355 e. The number of H-pyrrole nitrogens is 1.